The number of nitrogens with zero attached hydrogens (tertiary/aromatic N) is 7. The van der Waals surface area contributed by atoms with Crippen molar-refractivity contribution in [3.05, 3.63) is 31.4 Å². The maximum Gasteiger partial charge on any atom is 0.333 e. The van der Waals surface area contributed by atoms with Crippen molar-refractivity contribution in [1.29, 1.82) is 0 Å². The molecule has 15 heteroatoms. The van der Waals surface area contributed by atoms with Gasteiger partial charge in [-0.05, 0) is 25.3 Å². The van der Waals surface area contributed by atoms with E-state index in [9.17, 15) is 18.4 Å². The largest absolute Gasteiger partial charge is 0.378 e. The summed E-state index contributed by atoms with van der Waals surface area (Å²) in [7, 11) is 0. The van der Waals surface area contributed by atoms with E-state index in [1.54, 1.807) is 4.57 Å². The summed E-state index contributed by atoms with van der Waals surface area (Å²) in [5.41, 5.74) is 1.04. The minimum atomic E-state index is -2.78. The molecule has 0 radical (unpaired) electrons. The second kappa shape index (κ2) is 10.4. The van der Waals surface area contributed by atoms with E-state index in [-0.39, 0.29) is 35.9 Å². The van der Waals surface area contributed by atoms with Crippen molar-refractivity contribution in [1.82, 2.24) is 39.9 Å². The van der Waals surface area contributed by atoms with Gasteiger partial charge in [0.25, 0.3) is 0 Å². The molecule has 0 bridgehead atoms. The standard InChI is InChI=1S/C25H30F2N10O3/c1-2-18(38)31-16-10-17(25(16)4-3-5-25)32-19(39)12-28-21-20-22(34-24(33-21)35-6-8-40-9-7-35)36(14-29-20)15-11-30-37(13-15)23(26)27/h2,11,13-14,16-17,23H,1,3-10,12H2,(H,31,38)(H,32,39)(H,28,33,34). The maximum atomic E-state index is 13.1. The van der Waals surface area contributed by atoms with Crippen LogP contribution in [-0.4, -0.2) is 86.0 Å². The number of rotatable bonds is 9. The number of hydrogen-bond donors (Lipinski definition) is 3. The minimum Gasteiger partial charge on any atom is -0.378 e. The van der Waals surface area contributed by atoms with E-state index < -0.39 is 6.55 Å². The molecule has 40 heavy (non-hydrogen) atoms. The van der Waals surface area contributed by atoms with Crippen LogP contribution in [0, 0.1) is 5.41 Å². The number of carbonyl (C=O) groups excluding carboxylic acids is 2. The Kier molecular flexibility index (Phi) is 6.82. The van der Waals surface area contributed by atoms with Crippen LogP contribution >= 0.6 is 0 Å². The molecule has 4 heterocycles. The van der Waals surface area contributed by atoms with E-state index in [0.29, 0.717) is 66.0 Å². The summed E-state index contributed by atoms with van der Waals surface area (Å²) in [6, 6.07) is 0.00606. The number of ether oxygens (including phenoxy) is 1. The Labute approximate surface area is 228 Å². The molecule has 1 saturated heterocycles. The molecule has 3 N–H and O–H groups in total. The van der Waals surface area contributed by atoms with Gasteiger partial charge in [-0.1, -0.05) is 13.0 Å². The van der Waals surface area contributed by atoms with Gasteiger partial charge in [0.2, 0.25) is 17.8 Å². The smallest absolute Gasteiger partial charge is 0.333 e. The van der Waals surface area contributed by atoms with Gasteiger partial charge in [-0.3, -0.25) is 14.2 Å². The molecule has 0 aromatic carbocycles. The van der Waals surface area contributed by atoms with Crippen LogP contribution in [0.3, 0.4) is 0 Å². The first kappa shape index (κ1) is 26.1. The normalized spacial score (nSPS) is 21.6. The average molecular weight is 557 g/mol. The lowest BCUT2D eigenvalue weighted by atomic mass is 9.50. The number of nitrogens with one attached hydrogen (secondary N) is 3. The quantitative estimate of drug-likeness (QED) is 0.333. The molecule has 1 spiro atoms. The lowest BCUT2D eigenvalue weighted by Crippen LogP contribution is -2.71. The first-order chi connectivity index (χ1) is 19.4. The van der Waals surface area contributed by atoms with Gasteiger partial charge in [0.1, 0.15) is 6.33 Å². The SMILES string of the molecule is C=CC(=O)NC1CC(NC(=O)CNc2nc(N3CCOCC3)nc3c2ncn3-c2cnn(C(F)F)c2)C12CCC2. The molecular formula is C25H30F2N10O3. The van der Waals surface area contributed by atoms with Crippen LogP contribution in [0.15, 0.2) is 31.4 Å². The zero-order valence-corrected chi connectivity index (χ0v) is 21.7. The number of halogens is 2. The Bertz CT molecular complexity index is 1430. The van der Waals surface area contributed by atoms with Gasteiger partial charge in [0, 0.05) is 30.6 Å². The minimum absolute atomic E-state index is 0.0226. The maximum absolute atomic E-state index is 13.1. The Morgan fingerprint density at radius 2 is 1.98 bits per heavy atom. The van der Waals surface area contributed by atoms with Crippen LogP contribution in [-0.2, 0) is 14.3 Å². The van der Waals surface area contributed by atoms with Gasteiger partial charge in [-0.25, -0.2) is 9.67 Å². The Balaban J connectivity index is 1.21. The number of morpholine rings is 1. The molecule has 3 aromatic heterocycles. The molecule has 3 aromatic rings. The van der Waals surface area contributed by atoms with E-state index in [1.165, 1.54) is 24.8 Å². The average Bonchev–Trinajstić information content (AvgIpc) is 3.58. The summed E-state index contributed by atoms with van der Waals surface area (Å²) >= 11 is 0. The van der Waals surface area contributed by atoms with Crippen molar-refractivity contribution < 1.29 is 23.1 Å². The second-order valence-corrected chi connectivity index (χ2v) is 10.3. The molecule has 6 rings (SSSR count). The first-order valence-electron chi connectivity index (χ1n) is 13.2. The third-order valence-corrected chi connectivity index (χ3v) is 8.14. The van der Waals surface area contributed by atoms with Crippen LogP contribution in [0.1, 0.15) is 32.2 Å². The van der Waals surface area contributed by atoms with Crippen LogP contribution in [0.2, 0.25) is 0 Å². The van der Waals surface area contributed by atoms with Crippen molar-refractivity contribution in [3.8, 4) is 5.69 Å². The number of imidazole rings is 1. The fraction of sp³-hybridized carbons (Fsp3) is 0.520. The van der Waals surface area contributed by atoms with Gasteiger partial charge in [-0.15, -0.1) is 0 Å². The van der Waals surface area contributed by atoms with Gasteiger partial charge >= 0.3 is 6.55 Å². The molecule has 2 amide bonds. The van der Waals surface area contributed by atoms with Crippen LogP contribution < -0.4 is 20.9 Å². The summed E-state index contributed by atoms with van der Waals surface area (Å²) in [6.07, 6.45) is 8.88. The molecule has 1 aliphatic heterocycles. The van der Waals surface area contributed by atoms with Crippen molar-refractivity contribution in [3.63, 3.8) is 0 Å². The number of carbonyl (C=O) groups is 2. The number of fused-ring (bicyclic) bond motifs is 1. The topological polar surface area (TPSA) is 144 Å². The number of hydrogen-bond acceptors (Lipinski definition) is 9. The van der Waals surface area contributed by atoms with Crippen molar-refractivity contribution in [2.45, 2.75) is 44.3 Å². The summed E-state index contributed by atoms with van der Waals surface area (Å²) in [5.74, 6) is 0.356. The summed E-state index contributed by atoms with van der Waals surface area (Å²) in [5, 5.41) is 12.9. The van der Waals surface area contributed by atoms with E-state index in [2.05, 4.69) is 42.6 Å². The van der Waals surface area contributed by atoms with Crippen molar-refractivity contribution in [2.24, 2.45) is 5.41 Å². The Morgan fingerprint density at radius 3 is 2.65 bits per heavy atom. The Hall–Kier alpha value is -4.14. The summed E-state index contributed by atoms with van der Waals surface area (Å²) in [6.45, 7) is 2.88. The highest BCUT2D eigenvalue weighted by molar-refractivity contribution is 5.89. The molecule has 2 atom stereocenters. The van der Waals surface area contributed by atoms with Crippen LogP contribution in [0.25, 0.3) is 16.9 Å². The third kappa shape index (κ3) is 4.63. The predicted molar refractivity (Wildman–Crippen MR) is 140 cm³/mol. The highest BCUT2D eigenvalue weighted by Gasteiger charge is 2.59. The van der Waals surface area contributed by atoms with Crippen molar-refractivity contribution in [2.75, 3.05) is 43.1 Å². The van der Waals surface area contributed by atoms with Gasteiger partial charge in [0.05, 0.1) is 37.8 Å². The molecule has 212 valence electrons. The fourth-order valence-corrected chi connectivity index (χ4v) is 5.78. The molecule has 2 unspecified atom stereocenters. The number of aromatic nitrogens is 6. The van der Waals surface area contributed by atoms with E-state index in [1.807, 2.05) is 4.90 Å². The summed E-state index contributed by atoms with van der Waals surface area (Å²) in [4.78, 5) is 40.5. The van der Waals surface area contributed by atoms with Crippen molar-refractivity contribution >= 4 is 34.7 Å². The second-order valence-electron chi connectivity index (χ2n) is 10.3. The van der Waals surface area contributed by atoms with Gasteiger partial charge in [0.15, 0.2) is 17.0 Å². The molecular weight excluding hydrogens is 526 g/mol. The lowest BCUT2D eigenvalue weighted by molar-refractivity contribution is -0.130. The van der Waals surface area contributed by atoms with E-state index in [0.717, 1.165) is 19.3 Å². The monoisotopic (exact) mass is 556 g/mol. The highest BCUT2D eigenvalue weighted by atomic mass is 19.3. The predicted octanol–water partition coefficient (Wildman–Crippen LogP) is 1.39. The molecule has 13 nitrogen and oxygen atoms in total. The molecule has 2 saturated carbocycles. The van der Waals surface area contributed by atoms with E-state index in [4.69, 9.17) is 4.74 Å². The Morgan fingerprint density at radius 1 is 1.20 bits per heavy atom. The number of alkyl halides is 2. The first-order valence-corrected chi connectivity index (χ1v) is 13.2. The van der Waals surface area contributed by atoms with Gasteiger partial charge < -0.3 is 25.6 Å². The molecule has 3 aliphatic rings. The lowest BCUT2D eigenvalue weighted by Gasteiger charge is -2.61. The molecule has 2 aliphatic carbocycles. The molecule has 3 fully saturated rings. The van der Waals surface area contributed by atoms with E-state index >= 15 is 0 Å². The zero-order chi connectivity index (χ0) is 27.9. The third-order valence-electron chi connectivity index (χ3n) is 8.14. The zero-order valence-electron chi connectivity index (χ0n) is 21.7. The summed E-state index contributed by atoms with van der Waals surface area (Å²) < 4.78 is 33.8. The van der Waals surface area contributed by atoms with Gasteiger partial charge in [-0.2, -0.15) is 23.8 Å². The van der Waals surface area contributed by atoms with Crippen LogP contribution in [0.5, 0.6) is 0 Å². The number of anilines is 2. The fourth-order valence-electron chi connectivity index (χ4n) is 5.78. The van der Waals surface area contributed by atoms with Crippen LogP contribution in [0.4, 0.5) is 20.5 Å². The number of amides is 2. The highest BCUT2D eigenvalue weighted by Crippen LogP contribution is 2.56.